The van der Waals surface area contributed by atoms with Gasteiger partial charge in [-0.3, -0.25) is 0 Å². The lowest BCUT2D eigenvalue weighted by atomic mass is 9.80. The zero-order valence-electron chi connectivity index (χ0n) is 11.3. The van der Waals surface area contributed by atoms with Crippen molar-refractivity contribution >= 4 is 12.6 Å². The van der Waals surface area contributed by atoms with Gasteiger partial charge in [0.05, 0.1) is 0 Å². The number of hydrogen-bond acceptors (Lipinski definition) is 3. The Labute approximate surface area is 106 Å². The molecule has 0 amide bonds. The number of hydrogen-bond donors (Lipinski definition) is 1. The van der Waals surface area contributed by atoms with Gasteiger partial charge < -0.3 is 9.64 Å². The van der Waals surface area contributed by atoms with E-state index in [0.29, 0.717) is 5.41 Å². The summed E-state index contributed by atoms with van der Waals surface area (Å²) in [5.41, 5.74) is 0.650. The summed E-state index contributed by atoms with van der Waals surface area (Å²) in [6, 6.07) is 0. The lowest BCUT2D eigenvalue weighted by molar-refractivity contribution is -0.00535. The van der Waals surface area contributed by atoms with Gasteiger partial charge in [-0.25, -0.2) is 0 Å². The van der Waals surface area contributed by atoms with Crippen LogP contribution in [0.2, 0.25) is 0 Å². The van der Waals surface area contributed by atoms with E-state index in [2.05, 4.69) is 45.3 Å². The molecule has 96 valence electrons. The van der Waals surface area contributed by atoms with Crippen molar-refractivity contribution in [2.45, 2.75) is 45.6 Å². The normalized spacial score (nSPS) is 21.4. The molecule has 1 heterocycles. The van der Waals surface area contributed by atoms with Gasteiger partial charge in [-0.1, -0.05) is 6.92 Å². The molecule has 1 aliphatic rings. The van der Waals surface area contributed by atoms with Gasteiger partial charge in [0.25, 0.3) is 0 Å². The minimum absolute atomic E-state index is 0.286. The Bertz CT molecular complexity index is 212. The second kappa shape index (κ2) is 5.74. The predicted molar refractivity (Wildman–Crippen MR) is 73.3 cm³/mol. The third kappa shape index (κ3) is 3.38. The molecular weight excluding hydrogens is 218 g/mol. The Morgan fingerprint density at radius 2 is 1.88 bits per heavy atom. The fourth-order valence-electron chi connectivity index (χ4n) is 2.16. The van der Waals surface area contributed by atoms with Gasteiger partial charge in [-0.15, -0.1) is 0 Å². The first-order valence-corrected chi connectivity index (χ1v) is 6.99. The zero-order chi connectivity index (χ0) is 12.2. The van der Waals surface area contributed by atoms with E-state index < -0.39 is 0 Å². The van der Waals surface area contributed by atoms with Crippen LogP contribution in [0.3, 0.4) is 0 Å². The van der Waals surface area contributed by atoms with E-state index in [4.69, 9.17) is 4.74 Å². The molecule has 2 nitrogen and oxygen atoms in total. The molecule has 0 saturated carbocycles. The highest BCUT2D eigenvalue weighted by molar-refractivity contribution is 7.80. The van der Waals surface area contributed by atoms with Crippen LogP contribution in [0.5, 0.6) is 0 Å². The average Bonchev–Trinajstić information content (AvgIpc) is 2.30. The van der Waals surface area contributed by atoms with Gasteiger partial charge in [0.2, 0.25) is 0 Å². The Kier molecular flexibility index (Phi) is 5.14. The van der Waals surface area contributed by atoms with Crippen LogP contribution in [0, 0.1) is 5.41 Å². The quantitative estimate of drug-likeness (QED) is 0.748. The molecule has 1 fully saturated rings. The summed E-state index contributed by atoms with van der Waals surface area (Å²) < 4.78 is 5.47. The molecule has 16 heavy (non-hydrogen) atoms. The maximum Gasteiger partial charge on any atom is 0.0472 e. The van der Waals surface area contributed by atoms with Crippen molar-refractivity contribution in [3.63, 3.8) is 0 Å². The first kappa shape index (κ1) is 14.3. The van der Waals surface area contributed by atoms with Crippen molar-refractivity contribution in [2.24, 2.45) is 5.41 Å². The van der Waals surface area contributed by atoms with E-state index in [1.54, 1.807) is 0 Å². The first-order valence-electron chi connectivity index (χ1n) is 6.36. The second-order valence-electron chi connectivity index (χ2n) is 5.79. The van der Waals surface area contributed by atoms with Crippen molar-refractivity contribution in [2.75, 3.05) is 32.6 Å². The number of thiol groups is 1. The minimum Gasteiger partial charge on any atom is -0.381 e. The molecule has 0 radical (unpaired) electrons. The molecule has 0 unspecified atom stereocenters. The average molecular weight is 245 g/mol. The number of nitrogens with zero attached hydrogens (tertiary/aromatic N) is 1. The van der Waals surface area contributed by atoms with Gasteiger partial charge in [0.15, 0.2) is 0 Å². The van der Waals surface area contributed by atoms with E-state index in [-0.39, 0.29) is 5.54 Å². The summed E-state index contributed by atoms with van der Waals surface area (Å²) in [6.45, 7) is 9.84. The summed E-state index contributed by atoms with van der Waals surface area (Å²) in [5.74, 6) is 0.973. The van der Waals surface area contributed by atoms with E-state index in [9.17, 15) is 0 Å². The molecular formula is C13H27NOS. The third-order valence-electron chi connectivity index (χ3n) is 4.36. The molecule has 0 N–H and O–H groups in total. The zero-order valence-corrected chi connectivity index (χ0v) is 12.1. The van der Waals surface area contributed by atoms with E-state index in [1.165, 1.54) is 6.42 Å². The molecule has 0 aromatic carbocycles. The smallest absolute Gasteiger partial charge is 0.0472 e. The van der Waals surface area contributed by atoms with Crippen molar-refractivity contribution in [3.05, 3.63) is 0 Å². The Hall–Kier alpha value is 0.270. The summed E-state index contributed by atoms with van der Waals surface area (Å²) in [5, 5.41) is 0. The molecule has 0 aromatic rings. The van der Waals surface area contributed by atoms with Crippen LogP contribution in [0.4, 0.5) is 0 Å². The van der Waals surface area contributed by atoms with E-state index in [0.717, 1.165) is 38.4 Å². The first-order chi connectivity index (χ1) is 7.46. The molecule has 0 aliphatic carbocycles. The van der Waals surface area contributed by atoms with Crippen LogP contribution in [0.25, 0.3) is 0 Å². The van der Waals surface area contributed by atoms with Gasteiger partial charge in [0.1, 0.15) is 0 Å². The Morgan fingerprint density at radius 3 is 2.31 bits per heavy atom. The highest BCUT2D eigenvalue weighted by Gasteiger charge is 2.35. The summed E-state index contributed by atoms with van der Waals surface area (Å²) in [7, 11) is 2.24. The Morgan fingerprint density at radius 1 is 1.31 bits per heavy atom. The van der Waals surface area contributed by atoms with Crippen LogP contribution >= 0.6 is 12.6 Å². The van der Waals surface area contributed by atoms with Crippen molar-refractivity contribution in [1.82, 2.24) is 4.90 Å². The molecule has 0 aromatic heterocycles. The lowest BCUT2D eigenvalue weighted by Crippen LogP contribution is -2.49. The summed E-state index contributed by atoms with van der Waals surface area (Å²) >= 11 is 4.57. The van der Waals surface area contributed by atoms with Crippen molar-refractivity contribution < 1.29 is 4.74 Å². The van der Waals surface area contributed by atoms with Gasteiger partial charge in [-0.05, 0) is 51.3 Å². The van der Waals surface area contributed by atoms with Crippen molar-refractivity contribution in [3.8, 4) is 0 Å². The second-order valence-corrected chi connectivity index (χ2v) is 6.11. The van der Waals surface area contributed by atoms with Gasteiger partial charge in [0, 0.05) is 25.3 Å². The van der Waals surface area contributed by atoms with Crippen LogP contribution in [-0.2, 0) is 4.74 Å². The minimum atomic E-state index is 0.286. The molecule has 3 heteroatoms. The largest absolute Gasteiger partial charge is 0.381 e. The SMILES string of the molecule is CCC(C)(C)N(C)CC1(CS)CCOCC1. The molecule has 1 rings (SSSR count). The van der Waals surface area contributed by atoms with Crippen LogP contribution in [0.1, 0.15) is 40.0 Å². The topological polar surface area (TPSA) is 12.5 Å². The summed E-state index contributed by atoms with van der Waals surface area (Å²) in [6.07, 6.45) is 3.49. The standard InChI is InChI=1S/C13H27NOS/c1-5-12(2,3)14(4)10-13(11-16)6-8-15-9-7-13/h16H,5-11H2,1-4H3. The van der Waals surface area contributed by atoms with Crippen LogP contribution in [0.15, 0.2) is 0 Å². The maximum atomic E-state index is 5.47. The third-order valence-corrected chi connectivity index (χ3v) is 5.03. The maximum absolute atomic E-state index is 5.47. The number of ether oxygens (including phenoxy) is 1. The fraction of sp³-hybridized carbons (Fsp3) is 1.00. The van der Waals surface area contributed by atoms with Crippen LogP contribution in [-0.4, -0.2) is 43.0 Å². The molecule has 0 bridgehead atoms. The van der Waals surface area contributed by atoms with E-state index in [1.807, 2.05) is 0 Å². The highest BCUT2D eigenvalue weighted by atomic mass is 32.1. The summed E-state index contributed by atoms with van der Waals surface area (Å²) in [4.78, 5) is 2.49. The molecule has 0 spiro atoms. The number of rotatable bonds is 5. The molecule has 0 atom stereocenters. The molecule has 1 aliphatic heterocycles. The molecule has 1 saturated heterocycles. The van der Waals surface area contributed by atoms with Crippen molar-refractivity contribution in [1.29, 1.82) is 0 Å². The van der Waals surface area contributed by atoms with Gasteiger partial charge >= 0.3 is 0 Å². The van der Waals surface area contributed by atoms with E-state index >= 15 is 0 Å². The fourth-order valence-corrected chi connectivity index (χ4v) is 2.57. The van der Waals surface area contributed by atoms with Crippen LogP contribution < -0.4 is 0 Å². The highest BCUT2D eigenvalue weighted by Crippen LogP contribution is 2.34. The van der Waals surface area contributed by atoms with Gasteiger partial charge in [-0.2, -0.15) is 12.6 Å². The Balaban J connectivity index is 2.62. The monoisotopic (exact) mass is 245 g/mol. The predicted octanol–water partition coefficient (Wildman–Crippen LogP) is 2.83. The lowest BCUT2D eigenvalue weighted by Gasteiger charge is -2.44.